The van der Waals surface area contributed by atoms with Crippen molar-refractivity contribution in [1.29, 1.82) is 0 Å². The van der Waals surface area contributed by atoms with Gasteiger partial charge in [-0.3, -0.25) is 0 Å². The molecule has 0 saturated carbocycles. The summed E-state index contributed by atoms with van der Waals surface area (Å²) in [4.78, 5) is 0. The second kappa shape index (κ2) is 2.70. The largest absolute Gasteiger partial charge is 0.399 e. The van der Waals surface area contributed by atoms with Crippen LogP contribution < -0.4 is 11.5 Å². The molecule has 1 rings (SSSR count). The van der Waals surface area contributed by atoms with E-state index in [0.717, 1.165) is 12.1 Å². The van der Waals surface area contributed by atoms with Crippen molar-refractivity contribution in [2.45, 2.75) is 26.3 Å². The van der Waals surface area contributed by atoms with E-state index in [9.17, 15) is 0 Å². The highest BCUT2D eigenvalue weighted by Gasteiger charge is 2.27. The molecule has 0 bridgehead atoms. The van der Waals surface area contributed by atoms with Gasteiger partial charge in [-0.15, -0.1) is 0 Å². The summed E-state index contributed by atoms with van der Waals surface area (Å²) < 4.78 is 0. The predicted octanol–water partition coefficient (Wildman–Crippen LogP) is 1.14. The van der Waals surface area contributed by atoms with Gasteiger partial charge < -0.3 is 11.5 Å². The fourth-order valence-electron chi connectivity index (χ4n) is 1.20. The van der Waals surface area contributed by atoms with Gasteiger partial charge in [-0.1, -0.05) is 19.9 Å². The summed E-state index contributed by atoms with van der Waals surface area (Å²) in [5, 5.41) is 0. The lowest BCUT2D eigenvalue weighted by atomic mass is 9.77. The second-order valence-electron chi connectivity index (χ2n) is 3.39. The third-order valence-electron chi connectivity index (χ3n) is 2.55. The first-order valence-electron chi connectivity index (χ1n) is 4.00. The topological polar surface area (TPSA) is 52.0 Å². The minimum absolute atomic E-state index is 0.0671. The van der Waals surface area contributed by atoms with Gasteiger partial charge in [0.05, 0.1) is 0 Å². The Bertz CT molecular complexity index is 206. The summed E-state index contributed by atoms with van der Waals surface area (Å²) in [6.45, 7) is 4.29. The molecular weight excluding hydrogens is 136 g/mol. The molecule has 0 aromatic rings. The van der Waals surface area contributed by atoms with Crippen LogP contribution in [-0.4, -0.2) is 6.04 Å². The van der Waals surface area contributed by atoms with E-state index in [0.29, 0.717) is 0 Å². The van der Waals surface area contributed by atoms with Crippen molar-refractivity contribution in [2.24, 2.45) is 16.9 Å². The maximum Gasteiger partial charge on any atom is 0.0336 e. The van der Waals surface area contributed by atoms with E-state index >= 15 is 0 Å². The minimum atomic E-state index is 0.0671. The Morgan fingerprint density at radius 1 is 1.64 bits per heavy atom. The Kier molecular flexibility index (Phi) is 2.05. The van der Waals surface area contributed by atoms with E-state index in [1.165, 1.54) is 0 Å². The zero-order valence-corrected chi connectivity index (χ0v) is 7.17. The summed E-state index contributed by atoms with van der Waals surface area (Å²) in [7, 11) is 0. The summed E-state index contributed by atoms with van der Waals surface area (Å²) in [5.74, 6) is 0. The van der Waals surface area contributed by atoms with Crippen LogP contribution in [0.2, 0.25) is 0 Å². The van der Waals surface area contributed by atoms with Crippen molar-refractivity contribution in [3.8, 4) is 0 Å². The van der Waals surface area contributed by atoms with Crippen LogP contribution in [0.25, 0.3) is 0 Å². The van der Waals surface area contributed by atoms with E-state index in [1.807, 2.05) is 12.2 Å². The lowest BCUT2D eigenvalue weighted by Gasteiger charge is -2.32. The van der Waals surface area contributed by atoms with Gasteiger partial charge in [-0.05, 0) is 18.6 Å². The highest BCUT2D eigenvalue weighted by Crippen LogP contribution is 2.30. The maximum absolute atomic E-state index is 5.91. The molecule has 0 amide bonds. The SMILES string of the molecule is CCC1(C)C=CC(N)=CC1N. The number of hydrogen-bond donors (Lipinski definition) is 2. The van der Waals surface area contributed by atoms with E-state index in [1.54, 1.807) is 0 Å². The van der Waals surface area contributed by atoms with Crippen LogP contribution in [0.1, 0.15) is 20.3 Å². The molecule has 0 aromatic heterocycles. The quantitative estimate of drug-likeness (QED) is 0.592. The fourth-order valence-corrected chi connectivity index (χ4v) is 1.20. The molecule has 0 aromatic carbocycles. The monoisotopic (exact) mass is 152 g/mol. The zero-order chi connectivity index (χ0) is 8.48. The van der Waals surface area contributed by atoms with Crippen LogP contribution in [0, 0.1) is 5.41 Å². The van der Waals surface area contributed by atoms with Crippen molar-refractivity contribution in [2.75, 3.05) is 0 Å². The summed E-state index contributed by atoms with van der Waals surface area (Å²) in [5.41, 5.74) is 12.4. The summed E-state index contributed by atoms with van der Waals surface area (Å²) in [6, 6.07) is 0.0671. The first-order valence-corrected chi connectivity index (χ1v) is 4.00. The van der Waals surface area contributed by atoms with Gasteiger partial charge in [0, 0.05) is 17.2 Å². The van der Waals surface area contributed by atoms with E-state index in [4.69, 9.17) is 11.5 Å². The third kappa shape index (κ3) is 1.46. The molecule has 0 saturated heterocycles. The number of hydrogen-bond acceptors (Lipinski definition) is 2. The molecule has 0 spiro atoms. The Hall–Kier alpha value is -0.760. The maximum atomic E-state index is 5.91. The summed E-state index contributed by atoms with van der Waals surface area (Å²) >= 11 is 0. The zero-order valence-electron chi connectivity index (χ0n) is 7.17. The minimum Gasteiger partial charge on any atom is -0.399 e. The molecule has 0 heterocycles. The Morgan fingerprint density at radius 2 is 2.27 bits per heavy atom. The number of allylic oxidation sites excluding steroid dienone is 1. The van der Waals surface area contributed by atoms with Gasteiger partial charge in [-0.2, -0.15) is 0 Å². The molecule has 0 fully saturated rings. The van der Waals surface area contributed by atoms with Crippen molar-refractivity contribution < 1.29 is 0 Å². The number of rotatable bonds is 1. The highest BCUT2D eigenvalue weighted by atomic mass is 14.7. The molecule has 2 heteroatoms. The molecule has 62 valence electrons. The number of nitrogens with two attached hydrogens (primary N) is 2. The Labute approximate surface area is 68.0 Å². The Morgan fingerprint density at radius 3 is 2.73 bits per heavy atom. The average Bonchev–Trinajstić information content (AvgIpc) is 1.98. The highest BCUT2D eigenvalue weighted by molar-refractivity contribution is 5.27. The van der Waals surface area contributed by atoms with Crippen LogP contribution >= 0.6 is 0 Å². The first-order chi connectivity index (χ1) is 5.08. The van der Waals surface area contributed by atoms with Crippen molar-refractivity contribution >= 4 is 0 Å². The third-order valence-corrected chi connectivity index (χ3v) is 2.55. The average molecular weight is 152 g/mol. The molecule has 0 radical (unpaired) electrons. The second-order valence-corrected chi connectivity index (χ2v) is 3.39. The smallest absolute Gasteiger partial charge is 0.0336 e. The molecular formula is C9H16N2. The van der Waals surface area contributed by atoms with Crippen molar-refractivity contribution in [1.82, 2.24) is 0 Å². The van der Waals surface area contributed by atoms with Crippen LogP contribution in [-0.2, 0) is 0 Å². The van der Waals surface area contributed by atoms with Crippen molar-refractivity contribution in [3.05, 3.63) is 23.9 Å². The molecule has 1 aliphatic carbocycles. The molecule has 2 atom stereocenters. The molecule has 1 aliphatic rings. The summed E-state index contributed by atoms with van der Waals surface area (Å²) in [6.07, 6.45) is 7.01. The van der Waals surface area contributed by atoms with Gasteiger partial charge >= 0.3 is 0 Å². The van der Waals surface area contributed by atoms with E-state index < -0.39 is 0 Å². The fraction of sp³-hybridized carbons (Fsp3) is 0.556. The molecule has 11 heavy (non-hydrogen) atoms. The van der Waals surface area contributed by atoms with E-state index in [-0.39, 0.29) is 11.5 Å². The Balaban J connectivity index is 2.84. The van der Waals surface area contributed by atoms with Crippen LogP contribution in [0.5, 0.6) is 0 Å². The van der Waals surface area contributed by atoms with Gasteiger partial charge in [0.15, 0.2) is 0 Å². The predicted molar refractivity (Wildman–Crippen MR) is 47.8 cm³/mol. The van der Waals surface area contributed by atoms with Gasteiger partial charge in [0.1, 0.15) is 0 Å². The van der Waals surface area contributed by atoms with Crippen LogP contribution in [0.15, 0.2) is 23.9 Å². The molecule has 2 unspecified atom stereocenters. The van der Waals surface area contributed by atoms with Gasteiger partial charge in [-0.25, -0.2) is 0 Å². The molecule has 2 nitrogen and oxygen atoms in total. The standard InChI is InChI=1S/C9H16N2/c1-3-9(2)5-4-7(10)6-8(9)11/h4-6,8H,3,10-11H2,1-2H3. The lowest BCUT2D eigenvalue weighted by molar-refractivity contribution is 0.360. The van der Waals surface area contributed by atoms with Crippen LogP contribution in [0.3, 0.4) is 0 Å². The molecule has 0 aliphatic heterocycles. The van der Waals surface area contributed by atoms with E-state index in [2.05, 4.69) is 19.9 Å². The van der Waals surface area contributed by atoms with Crippen LogP contribution in [0.4, 0.5) is 0 Å². The normalized spacial score (nSPS) is 37.0. The van der Waals surface area contributed by atoms with Gasteiger partial charge in [0.25, 0.3) is 0 Å². The first kappa shape index (κ1) is 8.34. The van der Waals surface area contributed by atoms with Crippen molar-refractivity contribution in [3.63, 3.8) is 0 Å². The molecule has 4 N–H and O–H groups in total. The van der Waals surface area contributed by atoms with Gasteiger partial charge in [0.2, 0.25) is 0 Å². The lowest BCUT2D eigenvalue weighted by Crippen LogP contribution is -2.38.